The summed E-state index contributed by atoms with van der Waals surface area (Å²) in [4.78, 5) is 27.2. The Morgan fingerprint density at radius 3 is 2.28 bits per heavy atom. The molecule has 0 atom stereocenters. The lowest BCUT2D eigenvalue weighted by atomic mass is 9.83. The van der Waals surface area contributed by atoms with Gasteiger partial charge in [0.25, 0.3) is 0 Å². The molecule has 2 fully saturated rings. The van der Waals surface area contributed by atoms with Crippen molar-refractivity contribution in [2.75, 3.05) is 6.54 Å². The van der Waals surface area contributed by atoms with Crippen LogP contribution in [-0.2, 0) is 15.9 Å². The quantitative estimate of drug-likeness (QED) is 0.565. The van der Waals surface area contributed by atoms with Gasteiger partial charge in [0.2, 0.25) is 0 Å². The van der Waals surface area contributed by atoms with Crippen LogP contribution in [-0.4, -0.2) is 35.3 Å². The van der Waals surface area contributed by atoms with E-state index in [1.807, 2.05) is 30.3 Å². The number of imide groups is 1. The van der Waals surface area contributed by atoms with Crippen LogP contribution in [0.3, 0.4) is 0 Å². The molecule has 0 spiro atoms. The number of benzene rings is 1. The largest absolute Gasteiger partial charge is 0.446 e. The zero-order chi connectivity index (χ0) is 20.5. The lowest BCUT2D eigenvalue weighted by Crippen LogP contribution is -2.46. The van der Waals surface area contributed by atoms with Crippen LogP contribution in [0.1, 0.15) is 83.1 Å². The van der Waals surface area contributed by atoms with Gasteiger partial charge in [-0.05, 0) is 69.8 Å². The van der Waals surface area contributed by atoms with Crippen molar-refractivity contribution in [1.82, 2.24) is 4.90 Å². The van der Waals surface area contributed by atoms with Crippen molar-refractivity contribution >= 4 is 12.2 Å². The summed E-state index contributed by atoms with van der Waals surface area (Å²) in [5.41, 5.74) is 0.643. The molecule has 0 aliphatic heterocycles. The van der Waals surface area contributed by atoms with E-state index in [0.717, 1.165) is 63.4 Å². The van der Waals surface area contributed by atoms with E-state index in [4.69, 9.17) is 9.47 Å². The molecule has 0 N–H and O–H groups in total. The lowest BCUT2D eigenvalue weighted by Gasteiger charge is -2.37. The number of carbonyl (C=O) groups is 2. The second-order valence-corrected chi connectivity index (χ2v) is 8.50. The standard InChI is InChI=1S/C24H35NO4/c1-2-24(17-10-5-11-18-24)29-23(27)25(19-16-20-12-6-3-7-13-20)22(26)28-21-14-8-4-9-15-21/h3,6-7,12-13,21H,2,4-5,8-11,14-19H2,1H3. The predicted octanol–water partition coefficient (Wildman–Crippen LogP) is 6.25. The summed E-state index contributed by atoms with van der Waals surface area (Å²) < 4.78 is 11.7. The molecule has 160 valence electrons. The van der Waals surface area contributed by atoms with Crippen molar-refractivity contribution in [3.8, 4) is 0 Å². The molecule has 2 amide bonds. The highest BCUT2D eigenvalue weighted by Gasteiger charge is 2.37. The molecular weight excluding hydrogens is 366 g/mol. The van der Waals surface area contributed by atoms with Crippen LogP contribution >= 0.6 is 0 Å². The third-order valence-electron chi connectivity index (χ3n) is 6.44. The summed E-state index contributed by atoms with van der Waals surface area (Å²) in [6.07, 6.45) is 10.3. The summed E-state index contributed by atoms with van der Waals surface area (Å²) in [6.45, 7) is 2.33. The Morgan fingerprint density at radius 2 is 1.62 bits per heavy atom. The van der Waals surface area contributed by atoms with Crippen LogP contribution in [0, 0.1) is 0 Å². The fourth-order valence-corrected chi connectivity index (χ4v) is 4.50. The Bertz CT molecular complexity index is 648. The first-order chi connectivity index (χ1) is 14.1. The number of nitrogens with zero attached hydrogens (tertiary/aromatic N) is 1. The maximum Gasteiger partial charge on any atom is 0.419 e. The van der Waals surface area contributed by atoms with Gasteiger partial charge >= 0.3 is 12.2 Å². The van der Waals surface area contributed by atoms with Crippen LogP contribution in [0.25, 0.3) is 0 Å². The lowest BCUT2D eigenvalue weighted by molar-refractivity contribution is -0.0378. The molecule has 0 radical (unpaired) electrons. The third-order valence-corrected chi connectivity index (χ3v) is 6.44. The Kier molecular flexibility index (Phi) is 7.96. The molecule has 29 heavy (non-hydrogen) atoms. The molecule has 2 saturated carbocycles. The van der Waals surface area contributed by atoms with Gasteiger partial charge in [-0.3, -0.25) is 0 Å². The molecule has 2 aliphatic rings. The first-order valence-electron chi connectivity index (χ1n) is 11.4. The number of hydrogen-bond acceptors (Lipinski definition) is 4. The van der Waals surface area contributed by atoms with E-state index < -0.39 is 17.8 Å². The minimum absolute atomic E-state index is 0.0851. The number of carbonyl (C=O) groups excluding carboxylic acids is 2. The molecular formula is C24H35NO4. The molecule has 0 heterocycles. The summed E-state index contributed by atoms with van der Waals surface area (Å²) in [7, 11) is 0. The van der Waals surface area contributed by atoms with E-state index in [-0.39, 0.29) is 12.6 Å². The topological polar surface area (TPSA) is 55.8 Å². The van der Waals surface area contributed by atoms with E-state index in [1.54, 1.807) is 0 Å². The van der Waals surface area contributed by atoms with Gasteiger partial charge in [0.15, 0.2) is 0 Å². The predicted molar refractivity (Wildman–Crippen MR) is 113 cm³/mol. The SMILES string of the molecule is CCC1(OC(=O)N(CCc2ccccc2)C(=O)OC2CCCCC2)CCCCC1. The van der Waals surface area contributed by atoms with Gasteiger partial charge in [-0.1, -0.05) is 50.1 Å². The Balaban J connectivity index is 1.67. The summed E-state index contributed by atoms with van der Waals surface area (Å²) in [6, 6.07) is 9.90. The smallest absolute Gasteiger partial charge is 0.419 e. The summed E-state index contributed by atoms with van der Waals surface area (Å²) in [5, 5.41) is 0. The van der Waals surface area contributed by atoms with E-state index >= 15 is 0 Å². The van der Waals surface area contributed by atoms with Gasteiger partial charge in [-0.25, -0.2) is 14.5 Å². The van der Waals surface area contributed by atoms with Crippen LogP contribution in [0.4, 0.5) is 9.59 Å². The zero-order valence-electron chi connectivity index (χ0n) is 17.7. The van der Waals surface area contributed by atoms with Crippen LogP contribution in [0.5, 0.6) is 0 Å². The number of amides is 2. The number of hydrogen-bond donors (Lipinski definition) is 0. The average Bonchev–Trinajstić information content (AvgIpc) is 2.76. The van der Waals surface area contributed by atoms with Gasteiger partial charge in [0, 0.05) is 6.54 Å². The molecule has 0 saturated heterocycles. The molecule has 0 unspecified atom stereocenters. The summed E-state index contributed by atoms with van der Waals surface area (Å²) >= 11 is 0. The molecule has 1 aromatic rings. The van der Waals surface area contributed by atoms with Crippen molar-refractivity contribution in [3.63, 3.8) is 0 Å². The summed E-state index contributed by atoms with van der Waals surface area (Å²) in [5.74, 6) is 0. The molecule has 5 nitrogen and oxygen atoms in total. The first-order valence-corrected chi connectivity index (χ1v) is 11.4. The van der Waals surface area contributed by atoms with Crippen molar-refractivity contribution < 1.29 is 19.1 Å². The van der Waals surface area contributed by atoms with Crippen molar-refractivity contribution in [2.24, 2.45) is 0 Å². The fourth-order valence-electron chi connectivity index (χ4n) is 4.50. The molecule has 1 aromatic carbocycles. The Morgan fingerprint density at radius 1 is 0.966 bits per heavy atom. The monoisotopic (exact) mass is 401 g/mol. The minimum atomic E-state index is -0.556. The Labute approximate surface area is 174 Å². The highest BCUT2D eigenvalue weighted by molar-refractivity contribution is 5.88. The van der Waals surface area contributed by atoms with Crippen LogP contribution < -0.4 is 0 Å². The average molecular weight is 402 g/mol. The van der Waals surface area contributed by atoms with Crippen LogP contribution in [0.15, 0.2) is 30.3 Å². The third kappa shape index (κ3) is 6.22. The highest BCUT2D eigenvalue weighted by atomic mass is 16.6. The van der Waals surface area contributed by atoms with Crippen molar-refractivity contribution in [3.05, 3.63) is 35.9 Å². The van der Waals surface area contributed by atoms with Gasteiger partial charge in [-0.2, -0.15) is 0 Å². The van der Waals surface area contributed by atoms with Gasteiger partial charge in [0.05, 0.1) is 0 Å². The fraction of sp³-hybridized carbons (Fsp3) is 0.667. The maximum atomic E-state index is 13.1. The molecule has 3 rings (SSSR count). The van der Waals surface area contributed by atoms with Crippen LogP contribution in [0.2, 0.25) is 0 Å². The number of rotatable bonds is 6. The van der Waals surface area contributed by atoms with E-state index in [1.165, 1.54) is 17.7 Å². The maximum absolute atomic E-state index is 13.1. The van der Waals surface area contributed by atoms with Crippen molar-refractivity contribution in [1.29, 1.82) is 0 Å². The normalized spacial score (nSPS) is 19.3. The first kappa shape index (κ1) is 21.7. The Hall–Kier alpha value is -2.04. The zero-order valence-corrected chi connectivity index (χ0v) is 17.7. The molecule has 5 heteroatoms. The molecule has 0 bridgehead atoms. The minimum Gasteiger partial charge on any atom is -0.446 e. The second-order valence-electron chi connectivity index (χ2n) is 8.50. The number of ether oxygens (including phenoxy) is 2. The van der Waals surface area contributed by atoms with Gasteiger partial charge in [-0.15, -0.1) is 0 Å². The second kappa shape index (κ2) is 10.7. The van der Waals surface area contributed by atoms with E-state index in [9.17, 15) is 9.59 Å². The van der Waals surface area contributed by atoms with Gasteiger partial charge in [0.1, 0.15) is 11.7 Å². The van der Waals surface area contributed by atoms with Gasteiger partial charge < -0.3 is 9.47 Å². The molecule has 2 aliphatic carbocycles. The molecule has 0 aromatic heterocycles. The van der Waals surface area contributed by atoms with E-state index in [2.05, 4.69) is 6.92 Å². The van der Waals surface area contributed by atoms with Crippen molar-refractivity contribution in [2.45, 2.75) is 95.7 Å². The highest BCUT2D eigenvalue weighted by Crippen LogP contribution is 2.35. The van der Waals surface area contributed by atoms with E-state index in [0.29, 0.717) is 6.42 Å².